The first-order chi connectivity index (χ1) is 13.2. The van der Waals surface area contributed by atoms with Crippen LogP contribution in [0.1, 0.15) is 16.0 Å². The van der Waals surface area contributed by atoms with Crippen molar-refractivity contribution in [2.75, 3.05) is 6.79 Å². The highest BCUT2D eigenvalue weighted by Crippen LogP contribution is 2.36. The van der Waals surface area contributed by atoms with Gasteiger partial charge in [-0.15, -0.1) is 21.5 Å². The predicted octanol–water partition coefficient (Wildman–Crippen LogP) is 3.65. The molecule has 0 saturated carbocycles. The SMILES string of the molecule is O=[N+]([O-])c1cc2c(c(CSc3nncn3CCc3cccs3)c1)OCOC2. The van der Waals surface area contributed by atoms with Crippen molar-refractivity contribution >= 4 is 28.8 Å². The van der Waals surface area contributed by atoms with E-state index in [2.05, 4.69) is 21.6 Å². The van der Waals surface area contributed by atoms with E-state index in [0.29, 0.717) is 23.7 Å². The molecule has 0 amide bonds. The van der Waals surface area contributed by atoms with E-state index in [4.69, 9.17) is 9.47 Å². The summed E-state index contributed by atoms with van der Waals surface area (Å²) < 4.78 is 12.8. The van der Waals surface area contributed by atoms with E-state index in [-0.39, 0.29) is 12.5 Å². The topological polar surface area (TPSA) is 92.3 Å². The summed E-state index contributed by atoms with van der Waals surface area (Å²) in [4.78, 5) is 12.1. The average Bonchev–Trinajstić information content (AvgIpc) is 3.35. The second-order valence-corrected chi connectivity index (χ2v) is 7.86. The molecule has 0 spiro atoms. The second kappa shape index (κ2) is 8.07. The number of rotatable bonds is 7. The van der Waals surface area contributed by atoms with Crippen LogP contribution in [0.15, 0.2) is 41.1 Å². The molecule has 0 atom stereocenters. The smallest absolute Gasteiger partial charge is 0.270 e. The first kappa shape index (κ1) is 18.0. The number of thiophene rings is 1. The zero-order valence-electron chi connectivity index (χ0n) is 14.2. The summed E-state index contributed by atoms with van der Waals surface area (Å²) in [5.74, 6) is 1.17. The Morgan fingerprint density at radius 3 is 3.15 bits per heavy atom. The molecule has 140 valence electrons. The minimum Gasteiger partial charge on any atom is -0.467 e. The Hall–Kier alpha value is -2.43. The lowest BCUT2D eigenvalue weighted by atomic mass is 10.1. The molecule has 0 radical (unpaired) electrons. The lowest BCUT2D eigenvalue weighted by Crippen LogP contribution is -2.13. The van der Waals surface area contributed by atoms with Crippen LogP contribution in [0.4, 0.5) is 5.69 Å². The van der Waals surface area contributed by atoms with Crippen LogP contribution in [-0.2, 0) is 30.1 Å². The number of benzene rings is 1. The van der Waals surface area contributed by atoms with E-state index in [1.165, 1.54) is 22.7 Å². The van der Waals surface area contributed by atoms with E-state index < -0.39 is 4.92 Å². The lowest BCUT2D eigenvalue weighted by molar-refractivity contribution is -0.385. The van der Waals surface area contributed by atoms with Gasteiger partial charge in [0, 0.05) is 40.4 Å². The monoisotopic (exact) mass is 404 g/mol. The van der Waals surface area contributed by atoms with Crippen molar-refractivity contribution in [2.45, 2.75) is 30.5 Å². The lowest BCUT2D eigenvalue weighted by Gasteiger charge is -2.20. The molecule has 0 unspecified atom stereocenters. The number of aromatic nitrogens is 3. The van der Waals surface area contributed by atoms with Crippen molar-refractivity contribution in [2.24, 2.45) is 0 Å². The average molecular weight is 404 g/mol. The Balaban J connectivity index is 1.50. The molecule has 0 fully saturated rings. The number of non-ortho nitro benzene ring substituents is 1. The molecular weight excluding hydrogens is 388 g/mol. The van der Waals surface area contributed by atoms with Crippen molar-refractivity contribution in [1.29, 1.82) is 0 Å². The molecule has 0 N–H and O–H groups in total. The summed E-state index contributed by atoms with van der Waals surface area (Å²) >= 11 is 3.21. The number of hydrogen-bond donors (Lipinski definition) is 0. The number of ether oxygens (including phenoxy) is 2. The first-order valence-corrected chi connectivity index (χ1v) is 10.1. The summed E-state index contributed by atoms with van der Waals surface area (Å²) in [7, 11) is 0. The third kappa shape index (κ3) is 4.12. The zero-order valence-corrected chi connectivity index (χ0v) is 15.9. The number of hydrogen-bond acceptors (Lipinski definition) is 8. The molecule has 1 aliphatic heterocycles. The van der Waals surface area contributed by atoms with E-state index in [1.54, 1.807) is 23.7 Å². The molecule has 1 aromatic carbocycles. The summed E-state index contributed by atoms with van der Waals surface area (Å²) in [5.41, 5.74) is 1.50. The minimum atomic E-state index is -0.396. The second-order valence-electron chi connectivity index (χ2n) is 5.89. The van der Waals surface area contributed by atoms with Gasteiger partial charge in [0.1, 0.15) is 12.1 Å². The maximum Gasteiger partial charge on any atom is 0.270 e. The van der Waals surface area contributed by atoms with Crippen LogP contribution in [0.5, 0.6) is 5.75 Å². The molecule has 4 rings (SSSR count). The van der Waals surface area contributed by atoms with Gasteiger partial charge in [-0.05, 0) is 17.9 Å². The van der Waals surface area contributed by atoms with Gasteiger partial charge in [0.05, 0.1) is 11.5 Å². The van der Waals surface area contributed by atoms with Gasteiger partial charge in [-0.3, -0.25) is 10.1 Å². The highest BCUT2D eigenvalue weighted by molar-refractivity contribution is 7.98. The number of thioether (sulfide) groups is 1. The normalized spacial score (nSPS) is 13.2. The van der Waals surface area contributed by atoms with Crippen LogP contribution in [0.3, 0.4) is 0 Å². The van der Waals surface area contributed by atoms with Gasteiger partial charge in [0.25, 0.3) is 5.69 Å². The summed E-state index contributed by atoms with van der Waals surface area (Å²) in [5, 5.41) is 22.2. The van der Waals surface area contributed by atoms with Crippen molar-refractivity contribution in [1.82, 2.24) is 14.8 Å². The molecule has 0 bridgehead atoms. The maximum atomic E-state index is 11.2. The highest BCUT2D eigenvalue weighted by atomic mass is 32.2. The quantitative estimate of drug-likeness (QED) is 0.337. The maximum absolute atomic E-state index is 11.2. The molecule has 0 aliphatic carbocycles. The standard InChI is InChI=1S/C17H16N4O4S2/c22-21(23)14-6-12-8-24-11-25-16(12)13(7-14)9-27-17-19-18-10-20(17)4-3-15-2-1-5-26-15/h1-2,5-7,10H,3-4,8-9,11H2. The van der Waals surface area contributed by atoms with Gasteiger partial charge < -0.3 is 14.0 Å². The summed E-state index contributed by atoms with van der Waals surface area (Å²) in [6.45, 7) is 1.25. The van der Waals surface area contributed by atoms with E-state index in [1.807, 2.05) is 10.6 Å². The summed E-state index contributed by atoms with van der Waals surface area (Å²) in [6.07, 6.45) is 2.62. The van der Waals surface area contributed by atoms with Crippen LogP contribution < -0.4 is 4.74 Å². The van der Waals surface area contributed by atoms with Crippen molar-refractivity contribution in [3.05, 3.63) is 62.1 Å². The molecule has 2 aromatic heterocycles. The van der Waals surface area contributed by atoms with Crippen LogP contribution in [0.25, 0.3) is 0 Å². The Bertz CT molecular complexity index is 943. The molecule has 3 aromatic rings. The molecular formula is C17H16N4O4S2. The first-order valence-electron chi connectivity index (χ1n) is 8.24. The number of fused-ring (bicyclic) bond motifs is 1. The van der Waals surface area contributed by atoms with Gasteiger partial charge in [-0.25, -0.2) is 0 Å². The predicted molar refractivity (Wildman–Crippen MR) is 101 cm³/mol. The highest BCUT2D eigenvalue weighted by Gasteiger charge is 2.21. The molecule has 3 heterocycles. The Morgan fingerprint density at radius 2 is 2.33 bits per heavy atom. The van der Waals surface area contributed by atoms with Crippen LogP contribution in [0, 0.1) is 10.1 Å². The molecule has 10 heteroatoms. The van der Waals surface area contributed by atoms with Gasteiger partial charge in [0.2, 0.25) is 0 Å². The minimum absolute atomic E-state index is 0.0395. The molecule has 27 heavy (non-hydrogen) atoms. The third-order valence-corrected chi connectivity index (χ3v) is 6.06. The molecule has 0 saturated heterocycles. The van der Waals surface area contributed by atoms with Crippen molar-refractivity contribution < 1.29 is 14.4 Å². The van der Waals surface area contributed by atoms with Crippen LogP contribution in [-0.4, -0.2) is 26.5 Å². The largest absolute Gasteiger partial charge is 0.467 e. The number of nitro benzene ring substituents is 1. The van der Waals surface area contributed by atoms with Crippen molar-refractivity contribution in [3.63, 3.8) is 0 Å². The van der Waals surface area contributed by atoms with Crippen molar-refractivity contribution in [3.8, 4) is 5.75 Å². The fourth-order valence-corrected chi connectivity index (χ4v) is 4.44. The van der Waals surface area contributed by atoms with E-state index in [0.717, 1.165) is 23.7 Å². The summed E-state index contributed by atoms with van der Waals surface area (Å²) in [6, 6.07) is 7.21. The van der Waals surface area contributed by atoms with Gasteiger partial charge >= 0.3 is 0 Å². The molecule has 8 nitrogen and oxygen atoms in total. The van der Waals surface area contributed by atoms with E-state index in [9.17, 15) is 10.1 Å². The zero-order chi connectivity index (χ0) is 18.6. The van der Waals surface area contributed by atoms with Gasteiger partial charge in [0.15, 0.2) is 11.9 Å². The Labute approximate surface area is 163 Å². The third-order valence-electron chi connectivity index (χ3n) is 4.10. The molecule has 1 aliphatic rings. The van der Waals surface area contributed by atoms with Crippen LogP contribution >= 0.6 is 23.1 Å². The fraction of sp³-hybridized carbons (Fsp3) is 0.294. The fourth-order valence-electron chi connectivity index (χ4n) is 2.83. The number of nitrogens with zero attached hydrogens (tertiary/aromatic N) is 4. The van der Waals surface area contributed by atoms with Gasteiger partial charge in [-0.2, -0.15) is 0 Å². The number of nitro groups is 1. The van der Waals surface area contributed by atoms with E-state index >= 15 is 0 Å². The Kier molecular flexibility index (Phi) is 5.37. The Morgan fingerprint density at radius 1 is 1.41 bits per heavy atom. The van der Waals surface area contributed by atoms with Crippen LogP contribution in [0.2, 0.25) is 0 Å². The number of aryl methyl sites for hydroxylation is 2. The van der Waals surface area contributed by atoms with Gasteiger partial charge in [-0.1, -0.05) is 17.8 Å².